The minimum atomic E-state index is -3.66. The van der Waals surface area contributed by atoms with Crippen molar-refractivity contribution in [3.63, 3.8) is 0 Å². The Labute approximate surface area is 159 Å². The monoisotopic (exact) mass is 395 g/mol. The second-order valence-electron chi connectivity index (χ2n) is 7.91. The van der Waals surface area contributed by atoms with Gasteiger partial charge in [-0.15, -0.1) is 0 Å². The van der Waals surface area contributed by atoms with Gasteiger partial charge < -0.3 is 10.2 Å². The fraction of sp³-hybridized carbons (Fsp3) is 0.632. The van der Waals surface area contributed by atoms with Gasteiger partial charge in [-0.25, -0.2) is 12.8 Å². The van der Waals surface area contributed by atoms with E-state index in [1.807, 2.05) is 4.90 Å². The summed E-state index contributed by atoms with van der Waals surface area (Å²) in [7, 11) is -3.66. The van der Waals surface area contributed by atoms with E-state index in [0.29, 0.717) is 26.1 Å². The third-order valence-corrected chi connectivity index (χ3v) is 8.22. The van der Waals surface area contributed by atoms with Gasteiger partial charge in [0.1, 0.15) is 5.82 Å². The predicted octanol–water partition coefficient (Wildman–Crippen LogP) is 1.44. The molecule has 2 heterocycles. The number of carbonyl (C=O) groups is 1. The molecule has 1 unspecified atom stereocenters. The maximum Gasteiger partial charge on any atom is 0.243 e. The zero-order valence-electron chi connectivity index (χ0n) is 15.4. The topological polar surface area (TPSA) is 69.7 Å². The van der Waals surface area contributed by atoms with E-state index in [1.54, 1.807) is 0 Å². The first kappa shape index (κ1) is 18.8. The van der Waals surface area contributed by atoms with Crippen LogP contribution in [0.2, 0.25) is 0 Å². The smallest absolute Gasteiger partial charge is 0.243 e. The van der Waals surface area contributed by atoms with E-state index in [9.17, 15) is 17.6 Å². The Hall–Kier alpha value is -1.51. The Morgan fingerprint density at radius 1 is 1.07 bits per heavy atom. The summed E-state index contributed by atoms with van der Waals surface area (Å²) < 4.78 is 40.1. The zero-order chi connectivity index (χ0) is 19.1. The number of sulfonamides is 1. The fourth-order valence-corrected chi connectivity index (χ4v) is 5.97. The molecule has 1 aromatic rings. The van der Waals surface area contributed by atoms with Crippen molar-refractivity contribution in [3.05, 3.63) is 30.1 Å². The average Bonchev–Trinajstić information content (AvgIpc) is 3.41. The Balaban J connectivity index is 1.40. The molecule has 1 atom stereocenters. The fourth-order valence-electron chi connectivity index (χ4n) is 4.50. The van der Waals surface area contributed by atoms with Crippen LogP contribution in [0.3, 0.4) is 0 Å². The first-order chi connectivity index (χ1) is 12.9. The molecule has 1 spiro atoms. The molecule has 1 amide bonds. The SMILES string of the molecule is O=C(C1CC12CCNCC2)N1CCCN(S(=O)(=O)c2ccc(F)cc2)CC1. The summed E-state index contributed by atoms with van der Waals surface area (Å²) in [4.78, 5) is 14.9. The molecule has 27 heavy (non-hydrogen) atoms. The van der Waals surface area contributed by atoms with Crippen molar-refractivity contribution in [3.8, 4) is 0 Å². The molecule has 2 aliphatic heterocycles. The molecular weight excluding hydrogens is 369 g/mol. The lowest BCUT2D eigenvalue weighted by molar-refractivity contribution is -0.133. The van der Waals surface area contributed by atoms with Crippen LogP contribution in [0.15, 0.2) is 29.2 Å². The van der Waals surface area contributed by atoms with Gasteiger partial charge >= 0.3 is 0 Å². The predicted molar refractivity (Wildman–Crippen MR) is 99.0 cm³/mol. The van der Waals surface area contributed by atoms with Crippen molar-refractivity contribution in [1.29, 1.82) is 0 Å². The van der Waals surface area contributed by atoms with Crippen LogP contribution < -0.4 is 5.32 Å². The van der Waals surface area contributed by atoms with Gasteiger partial charge in [0.05, 0.1) is 4.90 Å². The summed E-state index contributed by atoms with van der Waals surface area (Å²) in [5.41, 5.74) is 0.189. The van der Waals surface area contributed by atoms with Crippen molar-refractivity contribution >= 4 is 15.9 Å². The standard InChI is InChI=1S/C19H26FN3O3S/c20-15-2-4-16(5-3-15)27(25,26)23-11-1-10-22(12-13-23)18(24)17-14-19(17)6-8-21-9-7-19/h2-5,17,21H,1,6-14H2. The molecule has 4 rings (SSSR count). The summed E-state index contributed by atoms with van der Waals surface area (Å²) in [5.74, 6) is -0.157. The summed E-state index contributed by atoms with van der Waals surface area (Å²) in [6.07, 6.45) is 3.71. The number of benzene rings is 1. The highest BCUT2D eigenvalue weighted by atomic mass is 32.2. The number of amides is 1. The van der Waals surface area contributed by atoms with E-state index in [2.05, 4.69) is 5.32 Å². The van der Waals surface area contributed by atoms with Crippen LogP contribution in [-0.2, 0) is 14.8 Å². The Bertz CT molecular complexity index is 806. The largest absolute Gasteiger partial charge is 0.341 e. The minimum Gasteiger partial charge on any atom is -0.341 e. The Morgan fingerprint density at radius 3 is 2.48 bits per heavy atom. The van der Waals surface area contributed by atoms with E-state index in [-0.39, 0.29) is 28.7 Å². The summed E-state index contributed by atoms with van der Waals surface area (Å²) >= 11 is 0. The van der Waals surface area contributed by atoms with Gasteiger partial charge in [0.25, 0.3) is 0 Å². The third-order valence-electron chi connectivity index (χ3n) is 6.31. The Morgan fingerprint density at radius 2 is 1.78 bits per heavy atom. The first-order valence-corrected chi connectivity index (χ1v) is 11.1. The van der Waals surface area contributed by atoms with Crippen LogP contribution >= 0.6 is 0 Å². The number of hydrogen-bond acceptors (Lipinski definition) is 4. The number of rotatable bonds is 3. The summed E-state index contributed by atoms with van der Waals surface area (Å²) in [6, 6.07) is 4.91. The number of halogens is 1. The lowest BCUT2D eigenvalue weighted by atomic mass is 9.91. The van der Waals surface area contributed by atoms with Crippen molar-refractivity contribution in [1.82, 2.24) is 14.5 Å². The highest BCUT2D eigenvalue weighted by molar-refractivity contribution is 7.89. The van der Waals surface area contributed by atoms with E-state index < -0.39 is 15.8 Å². The van der Waals surface area contributed by atoms with Crippen LogP contribution in [0.5, 0.6) is 0 Å². The van der Waals surface area contributed by atoms with Gasteiger partial charge in [0, 0.05) is 32.1 Å². The molecule has 3 aliphatic rings. The van der Waals surface area contributed by atoms with Crippen molar-refractivity contribution in [2.24, 2.45) is 11.3 Å². The molecule has 1 aromatic carbocycles. The van der Waals surface area contributed by atoms with Gasteiger partial charge in [-0.05, 0) is 68.5 Å². The molecule has 0 bridgehead atoms. The lowest BCUT2D eigenvalue weighted by Crippen LogP contribution is -2.39. The highest BCUT2D eigenvalue weighted by Crippen LogP contribution is 2.59. The van der Waals surface area contributed by atoms with Gasteiger partial charge in [0.15, 0.2) is 0 Å². The van der Waals surface area contributed by atoms with Gasteiger partial charge in [0.2, 0.25) is 15.9 Å². The minimum absolute atomic E-state index is 0.0968. The van der Waals surface area contributed by atoms with Gasteiger partial charge in [-0.2, -0.15) is 4.31 Å². The molecule has 6 nitrogen and oxygen atoms in total. The van der Waals surface area contributed by atoms with Gasteiger partial charge in [-0.1, -0.05) is 0 Å². The number of piperidine rings is 1. The van der Waals surface area contributed by atoms with Crippen LogP contribution in [0.1, 0.15) is 25.7 Å². The number of hydrogen-bond donors (Lipinski definition) is 1. The maximum atomic E-state index is 13.1. The molecular formula is C19H26FN3O3S. The van der Waals surface area contributed by atoms with Crippen molar-refractivity contribution in [2.45, 2.75) is 30.6 Å². The Kier molecular flexibility index (Phi) is 4.98. The highest BCUT2D eigenvalue weighted by Gasteiger charge is 2.58. The van der Waals surface area contributed by atoms with Crippen LogP contribution in [0, 0.1) is 17.2 Å². The molecule has 1 N–H and O–H groups in total. The van der Waals surface area contributed by atoms with Crippen molar-refractivity contribution < 1.29 is 17.6 Å². The molecule has 2 saturated heterocycles. The molecule has 0 radical (unpaired) electrons. The molecule has 0 aromatic heterocycles. The molecule has 8 heteroatoms. The summed E-state index contributed by atoms with van der Waals surface area (Å²) in [6.45, 7) is 3.64. The van der Waals surface area contributed by atoms with E-state index in [1.165, 1.54) is 16.4 Å². The normalized spacial score (nSPS) is 26.0. The second-order valence-corrected chi connectivity index (χ2v) is 9.84. The zero-order valence-corrected chi connectivity index (χ0v) is 16.2. The van der Waals surface area contributed by atoms with Gasteiger partial charge in [-0.3, -0.25) is 4.79 Å². The van der Waals surface area contributed by atoms with Crippen LogP contribution in [-0.4, -0.2) is 62.8 Å². The first-order valence-electron chi connectivity index (χ1n) is 9.68. The van der Waals surface area contributed by atoms with E-state index in [4.69, 9.17) is 0 Å². The number of carbonyl (C=O) groups excluding carboxylic acids is 1. The van der Waals surface area contributed by atoms with E-state index >= 15 is 0 Å². The molecule has 3 fully saturated rings. The van der Waals surface area contributed by atoms with Crippen molar-refractivity contribution in [2.75, 3.05) is 39.3 Å². The lowest BCUT2D eigenvalue weighted by Gasteiger charge is -2.26. The quantitative estimate of drug-likeness (QED) is 0.841. The number of nitrogens with one attached hydrogen (secondary N) is 1. The van der Waals surface area contributed by atoms with Crippen LogP contribution in [0.4, 0.5) is 4.39 Å². The van der Waals surface area contributed by atoms with Crippen LogP contribution in [0.25, 0.3) is 0 Å². The van der Waals surface area contributed by atoms with E-state index in [0.717, 1.165) is 44.5 Å². The average molecular weight is 396 g/mol. The third kappa shape index (κ3) is 3.62. The maximum absolute atomic E-state index is 13.1. The summed E-state index contributed by atoms with van der Waals surface area (Å²) in [5, 5.41) is 3.35. The molecule has 1 saturated carbocycles. The molecule has 148 valence electrons. The second kappa shape index (κ2) is 7.14. The number of nitrogens with zero attached hydrogens (tertiary/aromatic N) is 2. The molecule has 1 aliphatic carbocycles.